The highest BCUT2D eigenvalue weighted by Gasteiger charge is 2.18. The number of anilines is 2. The molecule has 4 rings (SSSR count). The maximum absolute atomic E-state index is 8.83. The maximum atomic E-state index is 8.83. The van der Waals surface area contributed by atoms with Crippen LogP contribution >= 0.6 is 0 Å². The highest BCUT2D eigenvalue weighted by atomic mass is 16.5. The van der Waals surface area contributed by atoms with E-state index in [2.05, 4.69) is 30.8 Å². The molecule has 30 heavy (non-hydrogen) atoms. The number of benzene rings is 1. The summed E-state index contributed by atoms with van der Waals surface area (Å²) in [7, 11) is 1.64. The van der Waals surface area contributed by atoms with E-state index in [0.717, 1.165) is 42.9 Å². The van der Waals surface area contributed by atoms with Gasteiger partial charge in [0.15, 0.2) is 11.5 Å². The lowest BCUT2D eigenvalue weighted by Gasteiger charge is -2.23. The van der Waals surface area contributed by atoms with Crippen LogP contribution in [0.5, 0.6) is 11.5 Å². The van der Waals surface area contributed by atoms with E-state index in [-0.39, 0.29) is 5.69 Å². The topological polar surface area (TPSA) is 121 Å². The Morgan fingerprint density at radius 2 is 2.00 bits per heavy atom. The molecule has 3 N–H and O–H groups in total. The number of ether oxygens (including phenoxy) is 2. The van der Waals surface area contributed by atoms with Gasteiger partial charge in [-0.25, -0.2) is 9.97 Å². The number of rotatable bonds is 7. The summed E-state index contributed by atoms with van der Waals surface area (Å²) in [6.07, 6.45) is 5.12. The molecule has 0 saturated carbocycles. The third-order valence-corrected chi connectivity index (χ3v) is 5.01. The molecule has 0 amide bonds. The average molecular weight is 405 g/mol. The number of hydrogen-bond donors (Lipinski definition) is 3. The first-order valence-corrected chi connectivity index (χ1v) is 9.82. The van der Waals surface area contributed by atoms with Crippen LogP contribution in [-0.2, 0) is 0 Å². The van der Waals surface area contributed by atoms with Crippen molar-refractivity contribution in [2.75, 3.05) is 32.1 Å². The second-order valence-electron chi connectivity index (χ2n) is 7.03. The minimum Gasteiger partial charge on any atom is -0.496 e. The van der Waals surface area contributed by atoms with Crippen molar-refractivity contribution in [2.24, 2.45) is 5.92 Å². The van der Waals surface area contributed by atoms with Gasteiger partial charge < -0.3 is 20.1 Å². The normalized spacial score (nSPS) is 14.1. The highest BCUT2D eigenvalue weighted by Crippen LogP contribution is 2.38. The average Bonchev–Trinajstić information content (AvgIpc) is 3.26. The summed E-state index contributed by atoms with van der Waals surface area (Å²) in [6, 6.07) is 9.56. The van der Waals surface area contributed by atoms with Crippen LogP contribution in [0.15, 0.2) is 36.7 Å². The van der Waals surface area contributed by atoms with Crippen LogP contribution in [-0.4, -0.2) is 47.0 Å². The standard InChI is InChI=1S/C21H23N7O2/c1-29-17-3-2-4-18(30-13-14-5-7-23-8-6-14)21(17)16-9-19(28-27-16)26-20-12-24-15(10-22)11-25-20/h2-4,9,11-12,14,23H,5-8,13H2,1H3,(H2,25,26,27,28). The van der Waals surface area contributed by atoms with Crippen molar-refractivity contribution in [3.63, 3.8) is 0 Å². The molecule has 1 aliphatic heterocycles. The molecule has 0 spiro atoms. The van der Waals surface area contributed by atoms with Crippen molar-refractivity contribution in [2.45, 2.75) is 12.8 Å². The molecule has 0 bridgehead atoms. The molecule has 0 unspecified atom stereocenters. The highest BCUT2D eigenvalue weighted by molar-refractivity contribution is 5.76. The van der Waals surface area contributed by atoms with Gasteiger partial charge in [-0.2, -0.15) is 10.4 Å². The molecule has 154 valence electrons. The fourth-order valence-corrected chi connectivity index (χ4v) is 3.42. The van der Waals surface area contributed by atoms with Crippen molar-refractivity contribution < 1.29 is 9.47 Å². The molecule has 9 nitrogen and oxygen atoms in total. The Morgan fingerprint density at radius 1 is 1.17 bits per heavy atom. The van der Waals surface area contributed by atoms with E-state index in [0.29, 0.717) is 29.9 Å². The zero-order valence-electron chi connectivity index (χ0n) is 16.7. The van der Waals surface area contributed by atoms with Crippen molar-refractivity contribution >= 4 is 11.6 Å². The lowest BCUT2D eigenvalue weighted by molar-refractivity contribution is 0.215. The molecule has 1 aliphatic rings. The van der Waals surface area contributed by atoms with Gasteiger partial charge in [-0.3, -0.25) is 5.10 Å². The molecule has 0 atom stereocenters. The number of aromatic nitrogens is 4. The number of hydrogen-bond acceptors (Lipinski definition) is 8. The molecule has 0 aliphatic carbocycles. The number of H-pyrrole nitrogens is 1. The van der Waals surface area contributed by atoms with E-state index in [9.17, 15) is 0 Å². The van der Waals surface area contributed by atoms with Crippen LogP contribution in [0.3, 0.4) is 0 Å². The SMILES string of the molecule is COc1cccc(OCC2CCNCC2)c1-c1cc(Nc2cnc(C#N)cn2)n[nH]1. The second kappa shape index (κ2) is 9.24. The Kier molecular flexibility index (Phi) is 6.06. The number of aromatic amines is 1. The monoisotopic (exact) mass is 405 g/mol. The number of nitrogens with zero attached hydrogens (tertiary/aromatic N) is 4. The van der Waals surface area contributed by atoms with Crippen LogP contribution < -0.4 is 20.1 Å². The van der Waals surface area contributed by atoms with E-state index in [1.54, 1.807) is 7.11 Å². The molecule has 9 heteroatoms. The van der Waals surface area contributed by atoms with E-state index in [1.165, 1.54) is 12.4 Å². The van der Waals surface area contributed by atoms with Crippen molar-refractivity contribution in [3.8, 4) is 28.8 Å². The molecule has 0 radical (unpaired) electrons. The fourth-order valence-electron chi connectivity index (χ4n) is 3.42. The molecule has 1 fully saturated rings. The lowest BCUT2D eigenvalue weighted by atomic mass is 9.99. The second-order valence-corrected chi connectivity index (χ2v) is 7.03. The smallest absolute Gasteiger partial charge is 0.158 e. The van der Waals surface area contributed by atoms with Crippen LogP contribution in [0.4, 0.5) is 11.6 Å². The number of nitriles is 1. The van der Waals surface area contributed by atoms with Gasteiger partial charge in [0, 0.05) is 6.07 Å². The van der Waals surface area contributed by atoms with E-state index < -0.39 is 0 Å². The molecular weight excluding hydrogens is 382 g/mol. The van der Waals surface area contributed by atoms with Gasteiger partial charge in [0.1, 0.15) is 23.4 Å². The van der Waals surface area contributed by atoms with Gasteiger partial charge in [0.2, 0.25) is 0 Å². The summed E-state index contributed by atoms with van der Waals surface area (Å²) in [6.45, 7) is 2.74. The summed E-state index contributed by atoms with van der Waals surface area (Å²) in [5.74, 6) is 3.06. The molecule has 1 saturated heterocycles. The van der Waals surface area contributed by atoms with Gasteiger partial charge in [-0.1, -0.05) is 6.07 Å². The molecule has 2 aromatic heterocycles. The summed E-state index contributed by atoms with van der Waals surface area (Å²) in [4.78, 5) is 8.15. The van der Waals surface area contributed by atoms with Gasteiger partial charge in [-0.15, -0.1) is 0 Å². The van der Waals surface area contributed by atoms with Crippen molar-refractivity contribution in [1.82, 2.24) is 25.5 Å². The third-order valence-electron chi connectivity index (χ3n) is 5.01. The quantitative estimate of drug-likeness (QED) is 0.549. The summed E-state index contributed by atoms with van der Waals surface area (Å²) in [5.41, 5.74) is 1.84. The number of nitrogens with one attached hydrogen (secondary N) is 3. The molecular formula is C21H23N7O2. The Bertz CT molecular complexity index is 1020. The summed E-state index contributed by atoms with van der Waals surface area (Å²) < 4.78 is 11.8. The Labute approximate surface area is 174 Å². The third kappa shape index (κ3) is 4.50. The van der Waals surface area contributed by atoms with Gasteiger partial charge >= 0.3 is 0 Å². The van der Waals surface area contributed by atoms with Crippen LogP contribution in [0.2, 0.25) is 0 Å². The predicted molar refractivity (Wildman–Crippen MR) is 112 cm³/mol. The minimum atomic E-state index is 0.257. The van der Waals surface area contributed by atoms with Crippen LogP contribution in [0, 0.1) is 17.2 Å². The maximum Gasteiger partial charge on any atom is 0.158 e. The van der Waals surface area contributed by atoms with Gasteiger partial charge in [-0.05, 0) is 44.0 Å². The number of methoxy groups -OCH3 is 1. The van der Waals surface area contributed by atoms with Crippen LogP contribution in [0.1, 0.15) is 18.5 Å². The first kappa shape index (κ1) is 19.7. The molecule has 3 heterocycles. The first-order chi connectivity index (χ1) is 14.8. The summed E-state index contributed by atoms with van der Waals surface area (Å²) in [5, 5.41) is 22.6. The van der Waals surface area contributed by atoms with E-state index in [1.807, 2.05) is 30.3 Å². The van der Waals surface area contributed by atoms with E-state index >= 15 is 0 Å². The Balaban J connectivity index is 1.54. The first-order valence-electron chi connectivity index (χ1n) is 9.82. The van der Waals surface area contributed by atoms with Crippen molar-refractivity contribution in [3.05, 3.63) is 42.4 Å². The van der Waals surface area contributed by atoms with Crippen LogP contribution in [0.25, 0.3) is 11.3 Å². The van der Waals surface area contributed by atoms with E-state index in [4.69, 9.17) is 14.7 Å². The summed E-state index contributed by atoms with van der Waals surface area (Å²) >= 11 is 0. The lowest BCUT2D eigenvalue weighted by Crippen LogP contribution is -2.30. The Hall–Kier alpha value is -3.64. The Morgan fingerprint density at radius 3 is 2.73 bits per heavy atom. The molecule has 3 aromatic rings. The number of piperidine rings is 1. The fraction of sp³-hybridized carbons (Fsp3) is 0.333. The van der Waals surface area contributed by atoms with Gasteiger partial charge in [0.05, 0.1) is 37.4 Å². The zero-order chi connectivity index (χ0) is 20.8. The van der Waals surface area contributed by atoms with Gasteiger partial charge in [0.25, 0.3) is 0 Å². The largest absolute Gasteiger partial charge is 0.496 e. The zero-order valence-corrected chi connectivity index (χ0v) is 16.7. The predicted octanol–water partition coefficient (Wildman–Crippen LogP) is 2.87. The van der Waals surface area contributed by atoms with Crippen molar-refractivity contribution in [1.29, 1.82) is 5.26 Å². The minimum absolute atomic E-state index is 0.257. The molecule has 1 aromatic carbocycles.